The average molecular weight is 969 g/mol. The number of ether oxygens (including phenoxy) is 1. The third-order valence-electron chi connectivity index (χ3n) is 11.0. The number of benzene rings is 4. The van der Waals surface area contributed by atoms with Crippen LogP contribution < -0.4 is 14.5 Å². The minimum absolute atomic E-state index is 0. The molecule has 0 spiro atoms. The van der Waals surface area contributed by atoms with Gasteiger partial charge in [-0.2, -0.15) is 12.1 Å². The van der Waals surface area contributed by atoms with Crippen molar-refractivity contribution in [2.75, 3.05) is 9.80 Å². The minimum Gasteiger partial charge on any atom is -0.509 e. The standard InChI is InChI=1S/C52H49N6O.Pt/c1-50(2,3)35-24-27-54-47(30-35)58-44-20-11-10-18-39(44)40-23-22-38(32-46(40)58)59-37-17-14-16-36(31-37)56-33-57(45-21-15-26-55-49(45)56)48-41(51(4,5)6)28-34(29-42(48)52(7,8)9)43-19-12-13-25-53-43;/h10-30,33H,1-9H3;/q-3;. The predicted molar refractivity (Wildman–Crippen MR) is 241 cm³/mol. The van der Waals surface area contributed by atoms with Gasteiger partial charge >= 0.3 is 0 Å². The van der Waals surface area contributed by atoms with Crippen LogP contribution >= 0.6 is 0 Å². The Labute approximate surface area is 368 Å². The van der Waals surface area contributed by atoms with Gasteiger partial charge < -0.3 is 19.1 Å². The number of pyridine rings is 3. The summed E-state index contributed by atoms with van der Waals surface area (Å²) in [5.74, 6) is 2.83. The van der Waals surface area contributed by atoms with E-state index in [4.69, 9.17) is 19.7 Å². The molecule has 8 heteroatoms. The quantitative estimate of drug-likeness (QED) is 0.155. The van der Waals surface area contributed by atoms with E-state index in [1.54, 1.807) is 0 Å². The molecule has 0 saturated carbocycles. The van der Waals surface area contributed by atoms with Gasteiger partial charge in [0.15, 0.2) is 0 Å². The van der Waals surface area contributed by atoms with E-state index in [1.165, 1.54) is 16.7 Å². The van der Waals surface area contributed by atoms with Crippen LogP contribution in [-0.2, 0) is 37.3 Å². The van der Waals surface area contributed by atoms with Crippen LogP contribution in [0.25, 0.3) is 38.9 Å². The van der Waals surface area contributed by atoms with E-state index in [0.717, 1.165) is 61.8 Å². The maximum Gasteiger partial charge on any atom is 0.135 e. The fourth-order valence-electron chi connectivity index (χ4n) is 8.00. The number of hydrogen-bond acceptors (Lipinski definition) is 6. The second-order valence-corrected chi connectivity index (χ2v) is 18.4. The number of nitrogens with zero attached hydrogens (tertiary/aromatic N) is 6. The van der Waals surface area contributed by atoms with E-state index >= 15 is 0 Å². The minimum atomic E-state index is -0.182. The molecule has 8 aromatic rings. The summed E-state index contributed by atoms with van der Waals surface area (Å²) in [6.07, 6.45) is 5.60. The summed E-state index contributed by atoms with van der Waals surface area (Å²) in [6, 6.07) is 44.8. The summed E-state index contributed by atoms with van der Waals surface area (Å²) in [5, 5.41) is 2.22. The summed E-state index contributed by atoms with van der Waals surface area (Å²) in [6.45, 7) is 22.5. The summed E-state index contributed by atoms with van der Waals surface area (Å²) in [5.41, 5.74) is 10.3. The fraction of sp³-hybridized carbons (Fsp3) is 0.231. The molecule has 1 aliphatic rings. The molecule has 4 aromatic carbocycles. The van der Waals surface area contributed by atoms with Gasteiger partial charge in [-0.15, -0.1) is 42.4 Å². The zero-order valence-electron chi connectivity index (χ0n) is 35.6. The van der Waals surface area contributed by atoms with Crippen LogP contribution in [0.5, 0.6) is 11.5 Å². The zero-order valence-corrected chi connectivity index (χ0v) is 37.9. The molecule has 0 N–H and O–H groups in total. The van der Waals surface area contributed by atoms with Gasteiger partial charge in [-0.3, -0.25) is 4.98 Å². The summed E-state index contributed by atoms with van der Waals surface area (Å²) in [7, 11) is 0. The van der Waals surface area contributed by atoms with Crippen molar-refractivity contribution in [2.45, 2.75) is 78.6 Å². The first-order valence-electron chi connectivity index (χ1n) is 20.3. The Bertz CT molecular complexity index is 2830. The van der Waals surface area contributed by atoms with Crippen LogP contribution in [0.3, 0.4) is 0 Å². The largest absolute Gasteiger partial charge is 0.509 e. The van der Waals surface area contributed by atoms with Crippen LogP contribution in [0.1, 0.15) is 79.0 Å². The summed E-state index contributed by atoms with van der Waals surface area (Å²) < 4.78 is 8.79. The number of fused-ring (bicyclic) bond motifs is 4. The molecule has 1 aliphatic heterocycles. The van der Waals surface area contributed by atoms with Crippen LogP contribution in [-0.4, -0.2) is 19.5 Å². The average Bonchev–Trinajstić information content (AvgIpc) is 3.76. The molecule has 0 saturated heterocycles. The Morgan fingerprint density at radius 1 is 0.583 bits per heavy atom. The summed E-state index contributed by atoms with van der Waals surface area (Å²) >= 11 is 0. The van der Waals surface area contributed by atoms with E-state index in [1.807, 2.05) is 61.1 Å². The third kappa shape index (κ3) is 7.49. The van der Waals surface area contributed by atoms with Crippen molar-refractivity contribution in [3.63, 3.8) is 0 Å². The van der Waals surface area contributed by atoms with E-state index < -0.39 is 0 Å². The van der Waals surface area contributed by atoms with Crippen molar-refractivity contribution in [1.29, 1.82) is 0 Å². The maximum atomic E-state index is 6.61. The van der Waals surface area contributed by atoms with Crippen molar-refractivity contribution >= 4 is 44.7 Å². The number of rotatable bonds is 6. The number of aromatic nitrogens is 4. The van der Waals surface area contributed by atoms with Crippen LogP contribution in [0.2, 0.25) is 0 Å². The molecular weight excluding hydrogens is 920 g/mol. The molecule has 0 aliphatic carbocycles. The van der Waals surface area contributed by atoms with Crippen molar-refractivity contribution in [1.82, 2.24) is 19.5 Å². The fourth-order valence-corrected chi connectivity index (χ4v) is 8.00. The van der Waals surface area contributed by atoms with Gasteiger partial charge in [0, 0.05) is 67.9 Å². The smallest absolute Gasteiger partial charge is 0.135 e. The first-order chi connectivity index (χ1) is 28.1. The van der Waals surface area contributed by atoms with E-state index in [2.05, 4.69) is 162 Å². The SMILES string of the molecule is CC(C)(C)c1ccnc(-n2c3[c-]c(Oc4[c-]c(N5[CH-]N(c6c(C(C)(C)C)cc(-c7ccccn7)cc6C(C)(C)C)c6cccnc65)ccc4)ccc3c3ccccc32)c1.[Pt]. The Morgan fingerprint density at radius 2 is 1.30 bits per heavy atom. The first kappa shape index (κ1) is 41.0. The van der Waals surface area contributed by atoms with Gasteiger partial charge in [-0.25, -0.2) is 9.97 Å². The van der Waals surface area contributed by atoms with Crippen LogP contribution in [0, 0.1) is 18.8 Å². The van der Waals surface area contributed by atoms with Gasteiger partial charge in [0.25, 0.3) is 0 Å². The summed E-state index contributed by atoms with van der Waals surface area (Å²) in [4.78, 5) is 18.9. The van der Waals surface area contributed by atoms with Gasteiger partial charge in [-0.05, 0) is 92.9 Å². The molecule has 9 rings (SSSR count). The molecule has 306 valence electrons. The van der Waals surface area contributed by atoms with Gasteiger partial charge in [0.05, 0.1) is 11.4 Å². The molecule has 5 heterocycles. The molecule has 4 aromatic heterocycles. The molecule has 0 atom stereocenters. The first-order valence-corrected chi connectivity index (χ1v) is 20.3. The van der Waals surface area contributed by atoms with Crippen molar-refractivity contribution in [2.24, 2.45) is 0 Å². The van der Waals surface area contributed by atoms with Crippen molar-refractivity contribution < 1.29 is 25.8 Å². The van der Waals surface area contributed by atoms with Gasteiger partial charge in [0.2, 0.25) is 0 Å². The Hall–Kier alpha value is -5.78. The number of hydrogen-bond donors (Lipinski definition) is 0. The second-order valence-electron chi connectivity index (χ2n) is 18.4. The van der Waals surface area contributed by atoms with Crippen molar-refractivity contribution in [3.05, 3.63) is 163 Å². The van der Waals surface area contributed by atoms with Crippen LogP contribution in [0.15, 0.2) is 128 Å². The second kappa shape index (κ2) is 15.4. The van der Waals surface area contributed by atoms with Gasteiger partial charge in [-0.1, -0.05) is 97.8 Å². The van der Waals surface area contributed by atoms with Crippen LogP contribution in [0.4, 0.5) is 22.9 Å². The van der Waals surface area contributed by atoms with Crippen molar-refractivity contribution in [3.8, 4) is 28.6 Å². The van der Waals surface area contributed by atoms with Gasteiger partial charge in [0.1, 0.15) is 11.6 Å². The molecular formula is C52H49N6OPt-3. The third-order valence-corrected chi connectivity index (χ3v) is 11.0. The monoisotopic (exact) mass is 968 g/mol. The molecule has 0 radical (unpaired) electrons. The number of para-hydroxylation sites is 1. The molecule has 0 amide bonds. The number of anilines is 4. The zero-order chi connectivity index (χ0) is 41.3. The Balaban J connectivity index is 0.00000499. The molecule has 0 fully saturated rings. The molecule has 7 nitrogen and oxygen atoms in total. The Kier molecular flexibility index (Phi) is 10.5. The maximum absolute atomic E-state index is 6.61. The topological polar surface area (TPSA) is 59.3 Å². The van der Waals surface area contributed by atoms with E-state index in [-0.39, 0.29) is 37.3 Å². The normalized spacial score (nSPS) is 13.2. The van der Waals surface area contributed by atoms with E-state index in [0.29, 0.717) is 11.5 Å². The Morgan fingerprint density at radius 3 is 2.02 bits per heavy atom. The molecule has 0 unspecified atom stereocenters. The predicted octanol–water partition coefficient (Wildman–Crippen LogP) is 13.3. The molecule has 0 bridgehead atoms. The molecule has 60 heavy (non-hydrogen) atoms. The van der Waals surface area contributed by atoms with E-state index in [9.17, 15) is 0 Å².